The molecule has 92 valence electrons. The molecule has 0 aromatic carbocycles. The zero-order valence-corrected chi connectivity index (χ0v) is 10.5. The summed E-state index contributed by atoms with van der Waals surface area (Å²) >= 11 is 0. The Hall–Kier alpha value is -0.0800. The van der Waals surface area contributed by atoms with Gasteiger partial charge in [-0.1, -0.05) is 12.8 Å². The van der Waals surface area contributed by atoms with Crippen LogP contribution in [0, 0.1) is 5.41 Å². The third-order valence-corrected chi connectivity index (χ3v) is 5.35. The average molecular weight is 222 g/mol. The molecule has 0 aromatic rings. The normalized spacial score (nSPS) is 32.2. The van der Waals surface area contributed by atoms with E-state index < -0.39 is 0 Å². The molecule has 2 saturated heterocycles. The van der Waals surface area contributed by atoms with Gasteiger partial charge < -0.3 is 10.2 Å². The van der Waals surface area contributed by atoms with Crippen LogP contribution in [0.2, 0.25) is 0 Å². The summed E-state index contributed by atoms with van der Waals surface area (Å²) in [4.78, 5) is 2.80. The van der Waals surface area contributed by atoms with Gasteiger partial charge in [0, 0.05) is 6.04 Å². The van der Waals surface area contributed by atoms with E-state index in [1.807, 2.05) is 0 Å². The van der Waals surface area contributed by atoms with Gasteiger partial charge in [-0.2, -0.15) is 0 Å². The summed E-state index contributed by atoms with van der Waals surface area (Å²) in [6.07, 6.45) is 11.8. The molecule has 3 fully saturated rings. The van der Waals surface area contributed by atoms with Crippen LogP contribution in [0.4, 0.5) is 0 Å². The van der Waals surface area contributed by atoms with Crippen LogP contribution in [0.1, 0.15) is 51.4 Å². The maximum Gasteiger partial charge on any atom is 0.0119 e. The minimum atomic E-state index is 0.795. The van der Waals surface area contributed by atoms with Gasteiger partial charge in [0.2, 0.25) is 0 Å². The molecule has 16 heavy (non-hydrogen) atoms. The predicted octanol–water partition coefficient (Wildman–Crippen LogP) is 2.39. The number of nitrogens with zero attached hydrogens (tertiary/aromatic N) is 1. The standard InChI is InChI=1S/C14H26N2/c1-2-6-14(5-1)7-11-16(12-8-14)13-3-9-15-10-4-13/h13,15H,1-12H2. The molecular formula is C14H26N2. The summed E-state index contributed by atoms with van der Waals surface area (Å²) < 4.78 is 0. The van der Waals surface area contributed by atoms with Gasteiger partial charge in [-0.3, -0.25) is 0 Å². The number of piperidine rings is 2. The van der Waals surface area contributed by atoms with Gasteiger partial charge in [0.15, 0.2) is 0 Å². The largest absolute Gasteiger partial charge is 0.317 e. The molecule has 1 aliphatic carbocycles. The Morgan fingerprint density at radius 3 is 2.12 bits per heavy atom. The van der Waals surface area contributed by atoms with E-state index in [-0.39, 0.29) is 0 Å². The van der Waals surface area contributed by atoms with Crippen LogP contribution in [-0.2, 0) is 0 Å². The lowest BCUT2D eigenvalue weighted by atomic mass is 9.76. The molecule has 2 aliphatic heterocycles. The first-order valence-corrected chi connectivity index (χ1v) is 7.33. The molecule has 1 saturated carbocycles. The Morgan fingerprint density at radius 2 is 1.50 bits per heavy atom. The molecule has 2 heteroatoms. The maximum atomic E-state index is 3.48. The number of rotatable bonds is 1. The van der Waals surface area contributed by atoms with Gasteiger partial charge in [-0.25, -0.2) is 0 Å². The van der Waals surface area contributed by atoms with Crippen LogP contribution >= 0.6 is 0 Å². The van der Waals surface area contributed by atoms with Crippen molar-refractivity contribution in [2.24, 2.45) is 5.41 Å². The molecule has 0 atom stereocenters. The van der Waals surface area contributed by atoms with E-state index in [1.54, 1.807) is 0 Å². The van der Waals surface area contributed by atoms with E-state index in [0.717, 1.165) is 11.5 Å². The molecule has 3 aliphatic rings. The molecular weight excluding hydrogens is 196 g/mol. The molecule has 0 amide bonds. The van der Waals surface area contributed by atoms with Crippen molar-refractivity contribution >= 4 is 0 Å². The monoisotopic (exact) mass is 222 g/mol. The maximum absolute atomic E-state index is 3.48. The van der Waals surface area contributed by atoms with Gasteiger partial charge >= 0.3 is 0 Å². The Kier molecular flexibility index (Phi) is 3.21. The topological polar surface area (TPSA) is 15.3 Å². The van der Waals surface area contributed by atoms with E-state index in [2.05, 4.69) is 10.2 Å². The SMILES string of the molecule is C1CCC2(C1)CCN(C1CCNCC1)CC2. The molecule has 0 bridgehead atoms. The third kappa shape index (κ3) is 2.14. The highest BCUT2D eigenvalue weighted by Gasteiger charge is 2.38. The molecule has 2 nitrogen and oxygen atoms in total. The minimum absolute atomic E-state index is 0.795. The summed E-state index contributed by atoms with van der Waals surface area (Å²) in [5, 5.41) is 3.48. The van der Waals surface area contributed by atoms with E-state index in [0.29, 0.717) is 0 Å². The van der Waals surface area contributed by atoms with E-state index in [4.69, 9.17) is 0 Å². The predicted molar refractivity (Wildman–Crippen MR) is 67.6 cm³/mol. The van der Waals surface area contributed by atoms with Gasteiger partial charge in [0.05, 0.1) is 0 Å². The van der Waals surface area contributed by atoms with Crippen molar-refractivity contribution in [3.8, 4) is 0 Å². The molecule has 3 rings (SSSR count). The summed E-state index contributed by atoms with van der Waals surface area (Å²) in [6.45, 7) is 5.27. The van der Waals surface area contributed by atoms with Gasteiger partial charge in [-0.05, 0) is 70.1 Å². The van der Waals surface area contributed by atoms with Gasteiger partial charge in [0.25, 0.3) is 0 Å². The van der Waals surface area contributed by atoms with Crippen molar-refractivity contribution in [2.45, 2.75) is 57.4 Å². The van der Waals surface area contributed by atoms with Crippen LogP contribution in [0.5, 0.6) is 0 Å². The van der Waals surface area contributed by atoms with Crippen LogP contribution in [0.3, 0.4) is 0 Å². The van der Waals surface area contributed by atoms with Gasteiger partial charge in [0.1, 0.15) is 0 Å². The highest BCUT2D eigenvalue weighted by Crippen LogP contribution is 2.46. The lowest BCUT2D eigenvalue weighted by molar-refractivity contribution is 0.0641. The second kappa shape index (κ2) is 4.66. The number of likely N-dealkylation sites (tertiary alicyclic amines) is 1. The van der Waals surface area contributed by atoms with Crippen molar-refractivity contribution in [3.05, 3.63) is 0 Å². The van der Waals surface area contributed by atoms with Crippen molar-refractivity contribution < 1.29 is 0 Å². The molecule has 2 heterocycles. The highest BCUT2D eigenvalue weighted by atomic mass is 15.2. The average Bonchev–Trinajstić information content (AvgIpc) is 2.80. The Morgan fingerprint density at radius 1 is 0.875 bits per heavy atom. The number of hydrogen-bond donors (Lipinski definition) is 1. The smallest absolute Gasteiger partial charge is 0.0119 e. The van der Waals surface area contributed by atoms with E-state index in [9.17, 15) is 0 Å². The fourth-order valence-corrected chi connectivity index (χ4v) is 4.16. The zero-order valence-electron chi connectivity index (χ0n) is 10.5. The van der Waals surface area contributed by atoms with Crippen LogP contribution in [-0.4, -0.2) is 37.1 Å². The molecule has 0 unspecified atom stereocenters. The van der Waals surface area contributed by atoms with Crippen molar-refractivity contribution in [1.29, 1.82) is 0 Å². The lowest BCUT2D eigenvalue weighted by Crippen LogP contribution is -2.48. The molecule has 0 aromatic heterocycles. The van der Waals surface area contributed by atoms with Crippen LogP contribution in [0.25, 0.3) is 0 Å². The first-order valence-electron chi connectivity index (χ1n) is 7.33. The minimum Gasteiger partial charge on any atom is -0.317 e. The summed E-state index contributed by atoms with van der Waals surface area (Å²) in [6, 6.07) is 0.903. The zero-order chi connectivity index (χ0) is 10.8. The van der Waals surface area contributed by atoms with Crippen molar-refractivity contribution in [2.75, 3.05) is 26.2 Å². The second-order valence-electron chi connectivity index (χ2n) is 6.22. The number of hydrogen-bond acceptors (Lipinski definition) is 2. The first kappa shape index (κ1) is 11.0. The Labute approximate surface area is 99.8 Å². The quantitative estimate of drug-likeness (QED) is 0.733. The summed E-state index contributed by atoms with van der Waals surface area (Å²) in [5.41, 5.74) is 0.795. The summed E-state index contributed by atoms with van der Waals surface area (Å²) in [7, 11) is 0. The van der Waals surface area contributed by atoms with Gasteiger partial charge in [-0.15, -0.1) is 0 Å². The fraction of sp³-hybridized carbons (Fsp3) is 1.00. The van der Waals surface area contributed by atoms with E-state index >= 15 is 0 Å². The van der Waals surface area contributed by atoms with Crippen LogP contribution in [0.15, 0.2) is 0 Å². The summed E-state index contributed by atoms with van der Waals surface area (Å²) in [5.74, 6) is 0. The van der Waals surface area contributed by atoms with Crippen LogP contribution < -0.4 is 5.32 Å². The van der Waals surface area contributed by atoms with E-state index in [1.165, 1.54) is 77.5 Å². The fourth-order valence-electron chi connectivity index (χ4n) is 4.16. The third-order valence-electron chi connectivity index (χ3n) is 5.35. The van der Waals surface area contributed by atoms with Crippen molar-refractivity contribution in [3.63, 3.8) is 0 Å². The molecule has 1 spiro atoms. The second-order valence-corrected chi connectivity index (χ2v) is 6.22. The highest BCUT2D eigenvalue weighted by molar-refractivity contribution is 4.91. The molecule has 1 N–H and O–H groups in total. The Balaban J connectivity index is 1.53. The Bertz CT molecular complexity index is 217. The number of nitrogens with one attached hydrogen (secondary N) is 1. The lowest BCUT2D eigenvalue weighted by Gasteiger charge is -2.44. The molecule has 0 radical (unpaired) electrons. The first-order chi connectivity index (χ1) is 7.88. The van der Waals surface area contributed by atoms with Crippen molar-refractivity contribution in [1.82, 2.24) is 10.2 Å².